The van der Waals surface area contributed by atoms with Crippen molar-refractivity contribution < 1.29 is 0 Å². The zero-order valence-electron chi connectivity index (χ0n) is 17.0. The first-order chi connectivity index (χ1) is 12.6. The predicted molar refractivity (Wildman–Crippen MR) is 112 cm³/mol. The van der Waals surface area contributed by atoms with Crippen molar-refractivity contribution in [2.45, 2.75) is 26.7 Å². The molecule has 0 spiro atoms. The van der Waals surface area contributed by atoms with Crippen LogP contribution < -0.4 is 0 Å². The van der Waals surface area contributed by atoms with E-state index in [4.69, 9.17) is 0 Å². The van der Waals surface area contributed by atoms with Crippen LogP contribution in [0.3, 0.4) is 0 Å². The molecule has 2 saturated heterocycles. The van der Waals surface area contributed by atoms with Gasteiger partial charge in [0, 0.05) is 45.8 Å². The van der Waals surface area contributed by atoms with E-state index < -0.39 is 0 Å². The van der Waals surface area contributed by atoms with Gasteiger partial charge in [-0.25, -0.2) is 0 Å². The Kier molecular flexibility index (Phi) is 7.30. The lowest BCUT2D eigenvalue weighted by Crippen LogP contribution is -2.48. The molecule has 0 bridgehead atoms. The minimum absolute atomic E-state index is 0.594. The lowest BCUT2D eigenvalue weighted by molar-refractivity contribution is 0.104. The number of likely N-dealkylation sites (tertiary alicyclic amines) is 1. The molecule has 3 nitrogen and oxygen atoms in total. The van der Waals surface area contributed by atoms with Gasteiger partial charge in [-0.15, -0.1) is 0 Å². The quantitative estimate of drug-likeness (QED) is 0.771. The van der Waals surface area contributed by atoms with Crippen LogP contribution in [0.1, 0.15) is 32.3 Å². The average Bonchev–Trinajstić information content (AvgIpc) is 2.64. The molecule has 0 amide bonds. The van der Waals surface area contributed by atoms with Crippen molar-refractivity contribution in [1.82, 2.24) is 14.7 Å². The number of piperazine rings is 1. The molecule has 1 aromatic carbocycles. The molecule has 2 aliphatic heterocycles. The van der Waals surface area contributed by atoms with E-state index in [-0.39, 0.29) is 0 Å². The molecular weight excluding hydrogens is 318 g/mol. The fraction of sp³-hybridized carbons (Fsp3) is 0.652. The summed E-state index contributed by atoms with van der Waals surface area (Å²) in [4.78, 5) is 7.84. The number of nitrogens with zero attached hydrogens (tertiary/aromatic N) is 3. The van der Waals surface area contributed by atoms with Crippen molar-refractivity contribution in [3.8, 4) is 0 Å². The smallest absolute Gasteiger partial charge is 0.0236 e. The fourth-order valence-electron chi connectivity index (χ4n) is 4.38. The number of likely N-dealkylation sites (N-methyl/N-ethyl adjacent to an activating group) is 1. The lowest BCUT2D eigenvalue weighted by Gasteiger charge is -2.38. The Bertz CT molecular complexity index is 558. The van der Waals surface area contributed by atoms with Crippen LogP contribution in [0.15, 0.2) is 36.4 Å². The fourth-order valence-corrected chi connectivity index (χ4v) is 4.38. The van der Waals surface area contributed by atoms with Gasteiger partial charge in [0.15, 0.2) is 0 Å². The highest BCUT2D eigenvalue weighted by Gasteiger charge is 2.24. The van der Waals surface area contributed by atoms with Crippen LogP contribution in [0.5, 0.6) is 0 Å². The molecule has 2 fully saturated rings. The van der Waals surface area contributed by atoms with Gasteiger partial charge in [-0.2, -0.15) is 0 Å². The van der Waals surface area contributed by atoms with E-state index in [0.29, 0.717) is 5.92 Å². The summed E-state index contributed by atoms with van der Waals surface area (Å²) in [6.45, 7) is 14.4. The van der Waals surface area contributed by atoms with Gasteiger partial charge in [-0.05, 0) is 49.4 Å². The lowest BCUT2D eigenvalue weighted by atomic mass is 9.95. The third-order valence-electron chi connectivity index (χ3n) is 5.79. The maximum Gasteiger partial charge on any atom is 0.0236 e. The van der Waals surface area contributed by atoms with Crippen LogP contribution in [0.2, 0.25) is 0 Å². The topological polar surface area (TPSA) is 9.72 Å². The maximum atomic E-state index is 2.70. The highest BCUT2D eigenvalue weighted by atomic mass is 15.2. The number of rotatable bonds is 6. The standard InChI is InChI=1S/C23H37N3/c1-20(2)16-23(22-9-5-4-6-10-22)19-26-11-7-8-21(18-26)17-25-14-12-24(3)13-15-25/h4-6,9-10,16,20-21H,7-8,11-15,17-19H2,1-3H3/b23-16+. The minimum Gasteiger partial charge on any atom is -0.304 e. The summed E-state index contributed by atoms with van der Waals surface area (Å²) in [6.07, 6.45) is 5.21. The van der Waals surface area contributed by atoms with Gasteiger partial charge in [0.25, 0.3) is 0 Å². The monoisotopic (exact) mass is 355 g/mol. The minimum atomic E-state index is 0.594. The Balaban J connectivity index is 1.57. The van der Waals surface area contributed by atoms with E-state index in [1.165, 1.54) is 69.8 Å². The van der Waals surface area contributed by atoms with Gasteiger partial charge < -0.3 is 9.80 Å². The number of hydrogen-bond donors (Lipinski definition) is 0. The zero-order valence-corrected chi connectivity index (χ0v) is 17.0. The van der Waals surface area contributed by atoms with Crippen molar-refractivity contribution in [3.63, 3.8) is 0 Å². The molecule has 0 radical (unpaired) electrons. The average molecular weight is 356 g/mol. The third kappa shape index (κ3) is 5.94. The molecule has 1 atom stereocenters. The SMILES string of the molecule is CC(C)/C=C(\CN1CCCC(CN2CCN(C)CC2)C1)c1ccccc1. The maximum absolute atomic E-state index is 2.70. The Hall–Kier alpha value is -1.16. The van der Waals surface area contributed by atoms with Crippen molar-refractivity contribution in [2.24, 2.45) is 11.8 Å². The molecule has 1 unspecified atom stereocenters. The molecule has 0 saturated carbocycles. The highest BCUT2D eigenvalue weighted by molar-refractivity contribution is 5.67. The molecule has 2 aliphatic rings. The summed E-state index contributed by atoms with van der Waals surface area (Å²) < 4.78 is 0. The van der Waals surface area contributed by atoms with E-state index in [1.54, 1.807) is 0 Å². The summed E-state index contributed by atoms with van der Waals surface area (Å²) in [6, 6.07) is 11.0. The Morgan fingerprint density at radius 3 is 2.46 bits per heavy atom. The highest BCUT2D eigenvalue weighted by Crippen LogP contribution is 2.23. The van der Waals surface area contributed by atoms with Crippen LogP contribution in [0.4, 0.5) is 0 Å². The van der Waals surface area contributed by atoms with E-state index >= 15 is 0 Å². The number of allylic oxidation sites excluding steroid dienone is 1. The number of hydrogen-bond acceptors (Lipinski definition) is 3. The second-order valence-corrected chi connectivity index (χ2v) is 8.65. The molecule has 2 heterocycles. The second-order valence-electron chi connectivity index (χ2n) is 8.65. The first kappa shape index (κ1) is 19.6. The summed E-state index contributed by atoms with van der Waals surface area (Å²) in [7, 11) is 2.24. The molecule has 0 aromatic heterocycles. The molecular formula is C23H37N3. The largest absolute Gasteiger partial charge is 0.304 e. The van der Waals surface area contributed by atoms with Crippen molar-refractivity contribution in [3.05, 3.63) is 42.0 Å². The molecule has 3 rings (SSSR count). The first-order valence-corrected chi connectivity index (χ1v) is 10.5. The summed E-state index contributed by atoms with van der Waals surface area (Å²) in [5.74, 6) is 1.43. The van der Waals surface area contributed by atoms with Crippen molar-refractivity contribution in [1.29, 1.82) is 0 Å². The van der Waals surface area contributed by atoms with E-state index in [9.17, 15) is 0 Å². The van der Waals surface area contributed by atoms with Gasteiger partial charge in [-0.1, -0.05) is 50.3 Å². The van der Waals surface area contributed by atoms with Gasteiger partial charge >= 0.3 is 0 Å². The second kappa shape index (κ2) is 9.68. The van der Waals surface area contributed by atoms with Crippen LogP contribution in [-0.4, -0.2) is 74.1 Å². The molecule has 3 heteroatoms. The van der Waals surface area contributed by atoms with Gasteiger partial charge in [0.1, 0.15) is 0 Å². The van der Waals surface area contributed by atoms with Crippen LogP contribution >= 0.6 is 0 Å². The summed E-state index contributed by atoms with van der Waals surface area (Å²) >= 11 is 0. The molecule has 26 heavy (non-hydrogen) atoms. The number of benzene rings is 1. The van der Waals surface area contributed by atoms with E-state index in [0.717, 1.165) is 12.5 Å². The molecule has 1 aromatic rings. The van der Waals surface area contributed by atoms with E-state index in [2.05, 4.69) is 72.0 Å². The summed E-state index contributed by atoms with van der Waals surface area (Å²) in [5.41, 5.74) is 2.89. The zero-order chi connectivity index (χ0) is 18.4. The van der Waals surface area contributed by atoms with E-state index in [1.807, 2.05) is 0 Å². The van der Waals surface area contributed by atoms with Gasteiger partial charge in [0.05, 0.1) is 0 Å². The third-order valence-corrected chi connectivity index (χ3v) is 5.79. The predicted octanol–water partition coefficient (Wildman–Crippen LogP) is 3.69. The van der Waals surface area contributed by atoms with Crippen LogP contribution in [-0.2, 0) is 0 Å². The Morgan fingerprint density at radius 2 is 1.77 bits per heavy atom. The summed E-state index contributed by atoms with van der Waals surface area (Å²) in [5, 5.41) is 0. The molecule has 0 aliphatic carbocycles. The van der Waals surface area contributed by atoms with Crippen molar-refractivity contribution >= 4 is 5.57 Å². The number of piperidine rings is 1. The van der Waals surface area contributed by atoms with Crippen LogP contribution in [0, 0.1) is 11.8 Å². The van der Waals surface area contributed by atoms with Crippen molar-refractivity contribution in [2.75, 3.05) is 59.4 Å². The first-order valence-electron chi connectivity index (χ1n) is 10.5. The molecule has 144 valence electrons. The molecule has 0 N–H and O–H groups in total. The normalized spacial score (nSPS) is 24.3. The van der Waals surface area contributed by atoms with Gasteiger partial charge in [-0.3, -0.25) is 4.90 Å². The van der Waals surface area contributed by atoms with Crippen LogP contribution in [0.25, 0.3) is 5.57 Å². The Morgan fingerprint density at radius 1 is 1.04 bits per heavy atom. The Labute approximate surface area is 160 Å². The van der Waals surface area contributed by atoms with Gasteiger partial charge in [0.2, 0.25) is 0 Å².